The molecular weight excluding hydrogens is 195 g/mol. The Hall–Kier alpha value is -0.370. The molecule has 1 aliphatic carbocycles. The lowest BCUT2D eigenvalue weighted by molar-refractivity contribution is 0.646. The Labute approximate surface area is 68.3 Å². The lowest BCUT2D eigenvalue weighted by atomic mass is 10.0. The quantitative estimate of drug-likeness (QED) is 0.453. The first kappa shape index (κ1) is 7.73. The molecule has 0 aromatic carbocycles. The Morgan fingerprint density at radius 3 is 2.90 bits per heavy atom. The molecule has 1 unspecified atom stereocenters. The van der Waals surface area contributed by atoms with Crippen LogP contribution in [0.3, 0.4) is 0 Å². The van der Waals surface area contributed by atoms with Gasteiger partial charge < -0.3 is 0 Å². The number of halogens is 2. The smallest absolute Gasteiger partial charge is 0.119 e. The second-order valence-corrected chi connectivity index (χ2v) is 3.73. The average Bonchev–Trinajstić information content (AvgIpc) is 1.96. The minimum atomic E-state index is -0.220. The molecular formula is C8H8BrF. The van der Waals surface area contributed by atoms with Crippen LogP contribution in [-0.2, 0) is 0 Å². The van der Waals surface area contributed by atoms with Gasteiger partial charge in [-0.1, -0.05) is 28.1 Å². The number of alkyl halides is 1. The van der Waals surface area contributed by atoms with Crippen molar-refractivity contribution in [1.82, 2.24) is 0 Å². The van der Waals surface area contributed by atoms with Gasteiger partial charge in [-0.2, -0.15) is 0 Å². The number of rotatable bonds is 1. The van der Waals surface area contributed by atoms with Crippen LogP contribution in [-0.4, -0.2) is 4.32 Å². The SMILES string of the molecule is C=CC1(Br)C=CC(F)=CC1. The molecule has 0 fully saturated rings. The van der Waals surface area contributed by atoms with Gasteiger partial charge in [0.25, 0.3) is 0 Å². The van der Waals surface area contributed by atoms with Crippen molar-refractivity contribution in [1.29, 1.82) is 0 Å². The summed E-state index contributed by atoms with van der Waals surface area (Å²) in [5.74, 6) is -0.170. The Balaban J connectivity index is 2.76. The van der Waals surface area contributed by atoms with Crippen LogP contribution in [0, 0.1) is 0 Å². The molecule has 2 heteroatoms. The third kappa shape index (κ3) is 1.57. The Bertz CT molecular complexity index is 205. The summed E-state index contributed by atoms with van der Waals surface area (Å²) in [6.45, 7) is 3.63. The lowest BCUT2D eigenvalue weighted by Crippen LogP contribution is -2.13. The number of hydrogen-bond donors (Lipinski definition) is 0. The highest BCUT2D eigenvalue weighted by molar-refractivity contribution is 9.10. The fraction of sp³-hybridized carbons (Fsp3) is 0.250. The molecule has 1 atom stereocenters. The zero-order valence-corrected chi connectivity index (χ0v) is 7.07. The summed E-state index contributed by atoms with van der Waals surface area (Å²) in [4.78, 5) is 0. The van der Waals surface area contributed by atoms with Gasteiger partial charge in [0.15, 0.2) is 0 Å². The van der Waals surface area contributed by atoms with Crippen molar-refractivity contribution in [3.8, 4) is 0 Å². The van der Waals surface area contributed by atoms with Crippen molar-refractivity contribution in [2.75, 3.05) is 0 Å². The zero-order chi connectivity index (χ0) is 7.61. The predicted octanol–water partition coefficient (Wildman–Crippen LogP) is 3.12. The van der Waals surface area contributed by atoms with Gasteiger partial charge in [-0.15, -0.1) is 6.58 Å². The molecule has 1 rings (SSSR count). The van der Waals surface area contributed by atoms with Crippen molar-refractivity contribution in [3.63, 3.8) is 0 Å². The molecule has 0 saturated heterocycles. The normalized spacial score (nSPS) is 31.6. The minimum absolute atomic E-state index is 0.170. The van der Waals surface area contributed by atoms with Crippen molar-refractivity contribution < 1.29 is 4.39 Å². The van der Waals surface area contributed by atoms with Crippen molar-refractivity contribution >= 4 is 15.9 Å². The molecule has 0 aromatic heterocycles. The molecule has 1 aliphatic rings. The second kappa shape index (κ2) is 2.70. The second-order valence-electron chi connectivity index (χ2n) is 2.26. The van der Waals surface area contributed by atoms with Gasteiger partial charge in [-0.25, -0.2) is 4.39 Å². The topological polar surface area (TPSA) is 0 Å². The Kier molecular flexibility index (Phi) is 2.09. The molecule has 0 heterocycles. The average molecular weight is 203 g/mol. The van der Waals surface area contributed by atoms with Crippen LogP contribution in [0.15, 0.2) is 36.7 Å². The van der Waals surface area contributed by atoms with E-state index in [0.29, 0.717) is 6.42 Å². The minimum Gasteiger partial charge on any atom is -0.207 e. The zero-order valence-electron chi connectivity index (χ0n) is 5.48. The van der Waals surface area contributed by atoms with Gasteiger partial charge in [-0.05, 0) is 18.6 Å². The summed E-state index contributed by atoms with van der Waals surface area (Å²) < 4.78 is 12.2. The monoisotopic (exact) mass is 202 g/mol. The summed E-state index contributed by atoms with van der Waals surface area (Å²) in [6, 6.07) is 0. The van der Waals surface area contributed by atoms with Crippen LogP contribution in [0.2, 0.25) is 0 Å². The summed E-state index contributed by atoms with van der Waals surface area (Å²) in [5.41, 5.74) is 0. The number of hydrogen-bond acceptors (Lipinski definition) is 0. The summed E-state index contributed by atoms with van der Waals surface area (Å²) >= 11 is 3.41. The highest BCUT2D eigenvalue weighted by Gasteiger charge is 2.20. The van der Waals surface area contributed by atoms with Gasteiger partial charge in [0.1, 0.15) is 5.83 Å². The molecule has 0 saturated carbocycles. The van der Waals surface area contributed by atoms with Crippen LogP contribution >= 0.6 is 15.9 Å². The van der Waals surface area contributed by atoms with E-state index < -0.39 is 0 Å². The molecule has 0 amide bonds. The highest BCUT2D eigenvalue weighted by Crippen LogP contribution is 2.30. The molecule has 54 valence electrons. The van der Waals surface area contributed by atoms with Gasteiger partial charge in [0.05, 0.1) is 4.32 Å². The van der Waals surface area contributed by atoms with E-state index in [1.54, 1.807) is 12.2 Å². The maximum Gasteiger partial charge on any atom is 0.119 e. The molecule has 0 nitrogen and oxygen atoms in total. The number of allylic oxidation sites excluding steroid dienone is 5. The van der Waals surface area contributed by atoms with E-state index in [0.717, 1.165) is 0 Å². The standard InChI is InChI=1S/C8H8BrF/c1-2-8(9)5-3-7(10)4-6-8/h2-5H,1,6H2. The third-order valence-electron chi connectivity index (χ3n) is 1.47. The largest absolute Gasteiger partial charge is 0.207 e. The van der Waals surface area contributed by atoms with Crippen LogP contribution in [0.5, 0.6) is 0 Å². The van der Waals surface area contributed by atoms with E-state index >= 15 is 0 Å². The van der Waals surface area contributed by atoms with E-state index in [1.807, 2.05) is 0 Å². The molecule has 0 bridgehead atoms. The lowest BCUT2D eigenvalue weighted by Gasteiger charge is -2.19. The fourth-order valence-corrected chi connectivity index (χ4v) is 1.05. The maximum absolute atomic E-state index is 12.4. The Morgan fingerprint density at radius 1 is 1.80 bits per heavy atom. The van der Waals surface area contributed by atoms with Gasteiger partial charge in [0, 0.05) is 0 Å². The highest BCUT2D eigenvalue weighted by atomic mass is 79.9. The van der Waals surface area contributed by atoms with E-state index in [1.165, 1.54) is 12.2 Å². The van der Waals surface area contributed by atoms with E-state index in [4.69, 9.17) is 0 Å². The first-order valence-electron chi connectivity index (χ1n) is 3.04. The fourth-order valence-electron chi connectivity index (χ4n) is 0.760. The van der Waals surface area contributed by atoms with Crippen LogP contribution in [0.1, 0.15) is 6.42 Å². The molecule has 0 spiro atoms. The first-order chi connectivity index (χ1) is 4.66. The predicted molar refractivity (Wildman–Crippen MR) is 44.8 cm³/mol. The van der Waals surface area contributed by atoms with Crippen molar-refractivity contribution in [2.45, 2.75) is 10.7 Å². The molecule has 10 heavy (non-hydrogen) atoms. The van der Waals surface area contributed by atoms with E-state index in [-0.39, 0.29) is 10.2 Å². The van der Waals surface area contributed by atoms with Gasteiger partial charge in [0.2, 0.25) is 0 Å². The third-order valence-corrected chi connectivity index (χ3v) is 2.38. The van der Waals surface area contributed by atoms with Gasteiger partial charge in [-0.3, -0.25) is 0 Å². The molecule has 0 radical (unpaired) electrons. The van der Waals surface area contributed by atoms with Crippen LogP contribution in [0.25, 0.3) is 0 Å². The van der Waals surface area contributed by atoms with E-state index in [2.05, 4.69) is 22.5 Å². The van der Waals surface area contributed by atoms with Crippen LogP contribution in [0.4, 0.5) is 4.39 Å². The maximum atomic E-state index is 12.4. The Morgan fingerprint density at radius 2 is 2.50 bits per heavy atom. The molecule has 0 aromatic rings. The first-order valence-corrected chi connectivity index (χ1v) is 3.83. The molecule has 0 aliphatic heterocycles. The van der Waals surface area contributed by atoms with E-state index in [9.17, 15) is 4.39 Å². The summed E-state index contributed by atoms with van der Waals surface area (Å²) in [6.07, 6.45) is 7.14. The molecule has 0 N–H and O–H groups in total. The van der Waals surface area contributed by atoms with Gasteiger partial charge >= 0.3 is 0 Å². The van der Waals surface area contributed by atoms with Crippen molar-refractivity contribution in [3.05, 3.63) is 36.7 Å². The summed E-state index contributed by atoms with van der Waals surface area (Å²) in [7, 11) is 0. The summed E-state index contributed by atoms with van der Waals surface area (Å²) in [5, 5.41) is 0. The van der Waals surface area contributed by atoms with Crippen molar-refractivity contribution in [2.24, 2.45) is 0 Å². The van der Waals surface area contributed by atoms with Crippen LogP contribution < -0.4 is 0 Å².